The minimum absolute atomic E-state index is 0.0965. The van der Waals surface area contributed by atoms with Gasteiger partial charge < -0.3 is 10.6 Å². The van der Waals surface area contributed by atoms with Gasteiger partial charge in [-0.1, -0.05) is 0 Å². The van der Waals surface area contributed by atoms with Gasteiger partial charge in [-0.15, -0.1) is 0 Å². The third-order valence-corrected chi connectivity index (χ3v) is 3.01. The Balaban J connectivity index is 2.09. The van der Waals surface area contributed by atoms with E-state index in [9.17, 15) is 4.79 Å². The first kappa shape index (κ1) is 12.5. The summed E-state index contributed by atoms with van der Waals surface area (Å²) in [6.07, 6.45) is 3.82. The van der Waals surface area contributed by atoms with E-state index in [2.05, 4.69) is 15.5 Å². The zero-order chi connectivity index (χ0) is 11.1. The van der Waals surface area contributed by atoms with Crippen molar-refractivity contribution in [1.82, 2.24) is 15.5 Å². The van der Waals surface area contributed by atoms with Crippen LogP contribution in [0.25, 0.3) is 0 Å². The molecule has 1 amide bonds. The number of nitrogens with one attached hydrogen (secondary N) is 2. The molecule has 0 saturated carbocycles. The third-order valence-electron chi connectivity index (χ3n) is 3.01. The average Bonchev–Trinajstić information content (AvgIpc) is 2.27. The lowest BCUT2D eigenvalue weighted by atomic mass is 9.96. The second-order valence-electron chi connectivity index (χ2n) is 4.41. The highest BCUT2D eigenvalue weighted by atomic mass is 16.1. The molecule has 0 aromatic carbocycles. The van der Waals surface area contributed by atoms with Crippen molar-refractivity contribution in [1.29, 1.82) is 0 Å². The maximum Gasteiger partial charge on any atom is 0.233 e. The van der Waals surface area contributed by atoms with E-state index < -0.39 is 0 Å². The number of hydrogen-bond acceptors (Lipinski definition) is 3. The quantitative estimate of drug-likeness (QED) is 0.678. The highest BCUT2D eigenvalue weighted by molar-refractivity contribution is 5.77. The van der Waals surface area contributed by atoms with Crippen molar-refractivity contribution in [3.8, 4) is 0 Å². The van der Waals surface area contributed by atoms with Gasteiger partial charge in [0.25, 0.3) is 0 Å². The molecule has 0 radical (unpaired) electrons. The standard InChI is InChI=1S/C11H23N3O/c1-12-11(15)9-14(2)7-5-10-4-3-6-13-8-10/h10,13H,3-9H2,1-2H3,(H,12,15). The van der Waals surface area contributed by atoms with E-state index in [0.29, 0.717) is 6.54 Å². The van der Waals surface area contributed by atoms with E-state index in [-0.39, 0.29) is 5.91 Å². The first-order valence-electron chi connectivity index (χ1n) is 5.82. The van der Waals surface area contributed by atoms with Crippen LogP contribution in [0.3, 0.4) is 0 Å². The van der Waals surface area contributed by atoms with Gasteiger partial charge >= 0.3 is 0 Å². The van der Waals surface area contributed by atoms with E-state index in [1.54, 1.807) is 7.05 Å². The molecule has 0 aromatic rings. The molecule has 1 aliphatic rings. The first-order chi connectivity index (χ1) is 7.22. The van der Waals surface area contributed by atoms with Crippen molar-refractivity contribution in [2.24, 2.45) is 5.92 Å². The van der Waals surface area contributed by atoms with Gasteiger partial charge in [0.05, 0.1) is 6.54 Å². The molecule has 1 fully saturated rings. The Morgan fingerprint density at radius 3 is 3.00 bits per heavy atom. The molecule has 1 unspecified atom stereocenters. The molecule has 0 aromatic heterocycles. The Kier molecular flexibility index (Phi) is 5.65. The van der Waals surface area contributed by atoms with Crippen molar-refractivity contribution in [2.45, 2.75) is 19.3 Å². The number of amides is 1. The van der Waals surface area contributed by atoms with Gasteiger partial charge in [0.2, 0.25) is 5.91 Å². The average molecular weight is 213 g/mol. The maximum absolute atomic E-state index is 11.1. The summed E-state index contributed by atoms with van der Waals surface area (Å²) >= 11 is 0. The fourth-order valence-corrected chi connectivity index (χ4v) is 1.98. The summed E-state index contributed by atoms with van der Waals surface area (Å²) in [4.78, 5) is 13.2. The molecule has 0 aliphatic carbocycles. The van der Waals surface area contributed by atoms with E-state index in [1.165, 1.54) is 25.8 Å². The Bertz CT molecular complexity index is 190. The van der Waals surface area contributed by atoms with Crippen LogP contribution >= 0.6 is 0 Å². The van der Waals surface area contributed by atoms with Gasteiger partial charge in [-0.25, -0.2) is 0 Å². The van der Waals surface area contributed by atoms with Crippen LogP contribution in [0.15, 0.2) is 0 Å². The molecule has 4 heteroatoms. The molecular formula is C11H23N3O. The summed E-state index contributed by atoms with van der Waals surface area (Å²) in [5, 5.41) is 6.05. The van der Waals surface area contributed by atoms with E-state index >= 15 is 0 Å². The van der Waals surface area contributed by atoms with Gasteiger partial charge in [-0.3, -0.25) is 9.69 Å². The highest BCUT2D eigenvalue weighted by Crippen LogP contribution is 2.13. The minimum Gasteiger partial charge on any atom is -0.358 e. The molecule has 1 atom stereocenters. The van der Waals surface area contributed by atoms with Gasteiger partial charge in [0.1, 0.15) is 0 Å². The molecule has 1 saturated heterocycles. The van der Waals surface area contributed by atoms with Crippen LogP contribution in [0.1, 0.15) is 19.3 Å². The van der Waals surface area contributed by atoms with E-state index in [1.807, 2.05) is 7.05 Å². The van der Waals surface area contributed by atoms with Crippen LogP contribution in [0.5, 0.6) is 0 Å². The summed E-state index contributed by atoms with van der Waals surface area (Å²) in [6.45, 7) is 3.84. The smallest absolute Gasteiger partial charge is 0.233 e. The van der Waals surface area contributed by atoms with Crippen molar-refractivity contribution >= 4 is 5.91 Å². The maximum atomic E-state index is 11.1. The Labute approximate surface area is 92.4 Å². The monoisotopic (exact) mass is 213 g/mol. The van der Waals surface area contributed by atoms with Crippen molar-refractivity contribution < 1.29 is 4.79 Å². The number of rotatable bonds is 5. The van der Waals surface area contributed by atoms with Crippen LogP contribution in [0, 0.1) is 5.92 Å². The number of carbonyl (C=O) groups excluding carboxylic acids is 1. The number of hydrogen-bond donors (Lipinski definition) is 2. The van der Waals surface area contributed by atoms with E-state index in [0.717, 1.165) is 19.0 Å². The van der Waals surface area contributed by atoms with Crippen LogP contribution in [0.4, 0.5) is 0 Å². The Morgan fingerprint density at radius 2 is 2.40 bits per heavy atom. The molecule has 15 heavy (non-hydrogen) atoms. The lowest BCUT2D eigenvalue weighted by Crippen LogP contribution is -2.36. The molecular weight excluding hydrogens is 190 g/mol. The number of nitrogens with zero attached hydrogens (tertiary/aromatic N) is 1. The second kappa shape index (κ2) is 6.80. The molecule has 1 rings (SSSR count). The predicted molar refractivity (Wildman–Crippen MR) is 61.8 cm³/mol. The number of piperidine rings is 1. The predicted octanol–water partition coefficient (Wildman–Crippen LogP) is 0.0539. The molecule has 0 spiro atoms. The summed E-state index contributed by atoms with van der Waals surface area (Å²) in [5.74, 6) is 0.894. The summed E-state index contributed by atoms with van der Waals surface area (Å²) in [7, 11) is 3.69. The molecule has 0 bridgehead atoms. The fourth-order valence-electron chi connectivity index (χ4n) is 1.98. The van der Waals surface area contributed by atoms with Crippen molar-refractivity contribution in [2.75, 3.05) is 40.3 Å². The van der Waals surface area contributed by atoms with E-state index in [4.69, 9.17) is 0 Å². The Morgan fingerprint density at radius 1 is 1.60 bits per heavy atom. The van der Waals surface area contributed by atoms with Crippen LogP contribution in [-0.2, 0) is 4.79 Å². The topological polar surface area (TPSA) is 44.4 Å². The summed E-state index contributed by atoms with van der Waals surface area (Å²) in [5.41, 5.74) is 0. The van der Waals surface area contributed by atoms with Gasteiger partial charge in [-0.05, 0) is 51.9 Å². The van der Waals surface area contributed by atoms with Gasteiger partial charge in [0, 0.05) is 7.05 Å². The normalized spacial score (nSPS) is 21.7. The van der Waals surface area contributed by atoms with Crippen molar-refractivity contribution in [3.63, 3.8) is 0 Å². The largest absolute Gasteiger partial charge is 0.358 e. The number of likely N-dealkylation sites (N-methyl/N-ethyl adjacent to an activating group) is 2. The summed E-state index contributed by atoms with van der Waals surface area (Å²) in [6, 6.07) is 0. The lowest BCUT2D eigenvalue weighted by Gasteiger charge is -2.25. The molecule has 1 heterocycles. The SMILES string of the molecule is CNC(=O)CN(C)CCC1CCCNC1. The fraction of sp³-hybridized carbons (Fsp3) is 0.909. The van der Waals surface area contributed by atoms with Crippen LogP contribution < -0.4 is 10.6 Å². The summed E-state index contributed by atoms with van der Waals surface area (Å²) < 4.78 is 0. The zero-order valence-corrected chi connectivity index (χ0v) is 9.88. The van der Waals surface area contributed by atoms with Crippen molar-refractivity contribution in [3.05, 3.63) is 0 Å². The Hall–Kier alpha value is -0.610. The zero-order valence-electron chi connectivity index (χ0n) is 9.88. The van der Waals surface area contributed by atoms with Crippen LogP contribution in [0.2, 0.25) is 0 Å². The molecule has 88 valence electrons. The highest BCUT2D eigenvalue weighted by Gasteiger charge is 2.13. The van der Waals surface area contributed by atoms with Gasteiger partial charge in [-0.2, -0.15) is 0 Å². The third kappa shape index (κ3) is 5.14. The minimum atomic E-state index is 0.0965. The molecule has 2 N–H and O–H groups in total. The lowest BCUT2D eigenvalue weighted by molar-refractivity contribution is -0.121. The molecule has 1 aliphatic heterocycles. The first-order valence-corrected chi connectivity index (χ1v) is 5.82. The van der Waals surface area contributed by atoms with Gasteiger partial charge in [0.15, 0.2) is 0 Å². The number of carbonyl (C=O) groups is 1. The second-order valence-corrected chi connectivity index (χ2v) is 4.41. The van der Waals surface area contributed by atoms with Crippen LogP contribution in [-0.4, -0.2) is 51.1 Å². The molecule has 4 nitrogen and oxygen atoms in total.